The molecule has 0 spiro atoms. The average molecular weight is 778 g/mol. The van der Waals surface area contributed by atoms with Gasteiger partial charge in [0.05, 0.1) is 22.1 Å². The summed E-state index contributed by atoms with van der Waals surface area (Å²) >= 11 is 0. The van der Waals surface area contributed by atoms with Crippen LogP contribution in [0.15, 0.2) is 237 Å². The van der Waals surface area contributed by atoms with Crippen molar-refractivity contribution in [2.75, 3.05) is 4.90 Å². The average Bonchev–Trinajstić information content (AvgIpc) is 3.85. The van der Waals surface area contributed by atoms with Crippen LogP contribution in [-0.4, -0.2) is 9.13 Å². The summed E-state index contributed by atoms with van der Waals surface area (Å²) in [5, 5.41) is 7.52. The SMILES string of the molecule is c1ccc(-c2ccc(-n3c4ccccc4c4ccc(N(c5ccccc5)c5cccc(-c6ccc7c8c9ccccc9ccc8n(-c8ccccc8)c7c6)c5)cc43)cc2)cc1. The third-order valence-corrected chi connectivity index (χ3v) is 12.3. The van der Waals surface area contributed by atoms with Crippen molar-refractivity contribution in [2.24, 2.45) is 0 Å². The Labute approximate surface area is 354 Å². The summed E-state index contributed by atoms with van der Waals surface area (Å²) in [5.41, 5.74) is 15.1. The number of hydrogen-bond donors (Lipinski definition) is 0. The predicted molar refractivity (Wildman–Crippen MR) is 258 cm³/mol. The fourth-order valence-corrected chi connectivity index (χ4v) is 9.48. The first kappa shape index (κ1) is 34.9. The Bertz CT molecular complexity index is 3560. The standard InChI is InChI=1S/C58H39N3/c1-4-15-40(16-5-1)41-27-31-47(32-28-41)60-54-26-13-12-25-51(54)52-35-33-49(39-57(52)60)59(45-19-6-2-7-20-45)48-23-14-18-43(37-48)44-29-34-53-56(38-44)61(46-21-8-3-9-22-46)55-36-30-42-17-10-11-24-50(42)58(53)55/h1-39H. The zero-order valence-electron chi connectivity index (χ0n) is 33.4. The Morgan fingerprint density at radius 2 is 0.803 bits per heavy atom. The molecule has 0 fully saturated rings. The Hall–Kier alpha value is -8.14. The molecule has 12 rings (SSSR count). The maximum atomic E-state index is 2.42. The van der Waals surface area contributed by atoms with Gasteiger partial charge in [-0.2, -0.15) is 0 Å². The molecule has 0 saturated heterocycles. The lowest BCUT2D eigenvalue weighted by Gasteiger charge is -2.26. The highest BCUT2D eigenvalue weighted by atomic mass is 15.1. The fourth-order valence-electron chi connectivity index (χ4n) is 9.48. The van der Waals surface area contributed by atoms with Gasteiger partial charge in [-0.1, -0.05) is 158 Å². The predicted octanol–water partition coefficient (Wildman–Crippen LogP) is 15.8. The number of nitrogens with zero attached hydrogens (tertiary/aromatic N) is 3. The van der Waals surface area contributed by atoms with Gasteiger partial charge >= 0.3 is 0 Å². The molecule has 2 aromatic heterocycles. The normalized spacial score (nSPS) is 11.6. The molecule has 0 amide bonds. The van der Waals surface area contributed by atoms with Crippen molar-refractivity contribution in [3.8, 4) is 33.6 Å². The Balaban J connectivity index is 1.02. The first-order valence-electron chi connectivity index (χ1n) is 20.9. The van der Waals surface area contributed by atoms with Crippen LogP contribution >= 0.6 is 0 Å². The van der Waals surface area contributed by atoms with Crippen molar-refractivity contribution in [2.45, 2.75) is 0 Å². The maximum absolute atomic E-state index is 2.42. The van der Waals surface area contributed by atoms with Crippen LogP contribution in [0.4, 0.5) is 17.1 Å². The zero-order valence-corrected chi connectivity index (χ0v) is 33.4. The molecule has 0 aliphatic rings. The summed E-state index contributed by atoms with van der Waals surface area (Å²) in [6, 6.07) is 85.9. The lowest BCUT2D eigenvalue weighted by Crippen LogP contribution is -2.10. The van der Waals surface area contributed by atoms with Gasteiger partial charge < -0.3 is 14.0 Å². The molecule has 12 aromatic rings. The van der Waals surface area contributed by atoms with Crippen molar-refractivity contribution in [3.63, 3.8) is 0 Å². The van der Waals surface area contributed by atoms with Crippen LogP contribution in [0.25, 0.3) is 88.0 Å². The Kier molecular flexibility index (Phi) is 8.17. The molecule has 0 radical (unpaired) electrons. The fraction of sp³-hybridized carbons (Fsp3) is 0. The monoisotopic (exact) mass is 777 g/mol. The lowest BCUT2D eigenvalue weighted by atomic mass is 10.0. The molecule has 3 nitrogen and oxygen atoms in total. The highest BCUT2D eigenvalue weighted by Crippen LogP contribution is 2.42. The van der Waals surface area contributed by atoms with E-state index in [-0.39, 0.29) is 0 Å². The van der Waals surface area contributed by atoms with Crippen molar-refractivity contribution in [3.05, 3.63) is 237 Å². The quantitative estimate of drug-likeness (QED) is 0.157. The van der Waals surface area contributed by atoms with Gasteiger partial charge in [0.2, 0.25) is 0 Å². The van der Waals surface area contributed by atoms with E-state index < -0.39 is 0 Å². The van der Waals surface area contributed by atoms with E-state index in [1.807, 2.05) is 0 Å². The molecule has 61 heavy (non-hydrogen) atoms. The number of aromatic nitrogens is 2. The molecule has 0 bridgehead atoms. The first-order valence-corrected chi connectivity index (χ1v) is 20.9. The number of para-hydroxylation sites is 3. The summed E-state index contributed by atoms with van der Waals surface area (Å²) in [7, 11) is 0. The van der Waals surface area contributed by atoms with Gasteiger partial charge in [0.25, 0.3) is 0 Å². The molecule has 2 heterocycles. The van der Waals surface area contributed by atoms with E-state index in [0.717, 1.165) is 39.5 Å². The first-order chi connectivity index (χ1) is 30.3. The van der Waals surface area contributed by atoms with Gasteiger partial charge in [-0.3, -0.25) is 0 Å². The van der Waals surface area contributed by atoms with Gasteiger partial charge in [0.1, 0.15) is 0 Å². The van der Waals surface area contributed by atoms with E-state index >= 15 is 0 Å². The van der Waals surface area contributed by atoms with E-state index in [0.29, 0.717) is 0 Å². The van der Waals surface area contributed by atoms with E-state index in [1.165, 1.54) is 65.6 Å². The van der Waals surface area contributed by atoms with E-state index in [4.69, 9.17) is 0 Å². The summed E-state index contributed by atoms with van der Waals surface area (Å²) in [6.07, 6.45) is 0. The molecule has 286 valence electrons. The van der Waals surface area contributed by atoms with Crippen LogP contribution in [0, 0.1) is 0 Å². The molecule has 0 atom stereocenters. The van der Waals surface area contributed by atoms with Crippen molar-refractivity contribution in [1.29, 1.82) is 0 Å². The third kappa shape index (κ3) is 5.82. The molecule has 0 saturated carbocycles. The van der Waals surface area contributed by atoms with E-state index in [1.54, 1.807) is 0 Å². The summed E-state index contributed by atoms with van der Waals surface area (Å²) in [5.74, 6) is 0. The van der Waals surface area contributed by atoms with Gasteiger partial charge in [-0.25, -0.2) is 0 Å². The molecule has 10 aromatic carbocycles. The van der Waals surface area contributed by atoms with Crippen molar-refractivity contribution in [1.82, 2.24) is 9.13 Å². The van der Waals surface area contributed by atoms with Gasteiger partial charge in [-0.05, 0) is 112 Å². The molecular formula is C58H39N3. The highest BCUT2D eigenvalue weighted by molar-refractivity contribution is 6.21. The van der Waals surface area contributed by atoms with Gasteiger partial charge in [-0.15, -0.1) is 0 Å². The number of rotatable bonds is 7. The summed E-state index contributed by atoms with van der Waals surface area (Å²) in [4.78, 5) is 2.38. The van der Waals surface area contributed by atoms with Crippen LogP contribution in [-0.2, 0) is 0 Å². The van der Waals surface area contributed by atoms with Gasteiger partial charge in [0, 0.05) is 50.0 Å². The van der Waals surface area contributed by atoms with Gasteiger partial charge in [0.15, 0.2) is 0 Å². The molecule has 0 aliphatic heterocycles. The number of hydrogen-bond acceptors (Lipinski definition) is 1. The molecule has 0 unspecified atom stereocenters. The second-order valence-electron chi connectivity index (χ2n) is 15.8. The molecule has 0 N–H and O–H groups in total. The minimum absolute atomic E-state index is 1.09. The van der Waals surface area contributed by atoms with Crippen LogP contribution in [0.2, 0.25) is 0 Å². The molecule has 3 heteroatoms. The van der Waals surface area contributed by atoms with Crippen LogP contribution in [0.1, 0.15) is 0 Å². The molecular weight excluding hydrogens is 739 g/mol. The third-order valence-electron chi connectivity index (χ3n) is 12.3. The number of anilines is 3. The van der Waals surface area contributed by atoms with Crippen molar-refractivity contribution >= 4 is 71.4 Å². The van der Waals surface area contributed by atoms with Crippen LogP contribution in [0.5, 0.6) is 0 Å². The largest absolute Gasteiger partial charge is 0.310 e. The summed E-state index contributed by atoms with van der Waals surface area (Å²) < 4.78 is 4.83. The maximum Gasteiger partial charge on any atom is 0.0561 e. The Morgan fingerprint density at radius 3 is 1.62 bits per heavy atom. The highest BCUT2D eigenvalue weighted by Gasteiger charge is 2.20. The smallest absolute Gasteiger partial charge is 0.0561 e. The van der Waals surface area contributed by atoms with E-state index in [2.05, 4.69) is 251 Å². The van der Waals surface area contributed by atoms with Crippen LogP contribution < -0.4 is 4.90 Å². The van der Waals surface area contributed by atoms with E-state index in [9.17, 15) is 0 Å². The second kappa shape index (κ2) is 14.3. The minimum atomic E-state index is 1.09. The lowest BCUT2D eigenvalue weighted by molar-refractivity contribution is 1.18. The minimum Gasteiger partial charge on any atom is -0.310 e. The Morgan fingerprint density at radius 1 is 0.262 bits per heavy atom. The number of benzene rings is 10. The number of fused-ring (bicyclic) bond motifs is 8. The van der Waals surface area contributed by atoms with Crippen molar-refractivity contribution < 1.29 is 0 Å². The second-order valence-corrected chi connectivity index (χ2v) is 15.8. The molecule has 0 aliphatic carbocycles. The van der Waals surface area contributed by atoms with Crippen LogP contribution in [0.3, 0.4) is 0 Å². The summed E-state index contributed by atoms with van der Waals surface area (Å²) in [6.45, 7) is 0. The zero-order chi connectivity index (χ0) is 40.3. The topological polar surface area (TPSA) is 13.1 Å².